The molecule has 0 saturated heterocycles. The van der Waals surface area contributed by atoms with E-state index in [0.29, 0.717) is 34.9 Å². The first kappa shape index (κ1) is 15.0. The van der Waals surface area contributed by atoms with Gasteiger partial charge in [-0.25, -0.2) is 9.13 Å². The fraction of sp³-hybridized carbons (Fsp3) is 0.188. The number of nitrogen functional groups attached to an aromatic ring is 1. The molecule has 0 aliphatic carbocycles. The molecule has 0 atom stereocenters. The summed E-state index contributed by atoms with van der Waals surface area (Å²) in [6.45, 7) is 1.09. The van der Waals surface area contributed by atoms with Crippen LogP contribution < -0.4 is 15.0 Å². The van der Waals surface area contributed by atoms with Crippen molar-refractivity contribution in [1.29, 1.82) is 0 Å². The number of aryl methyl sites for hydroxylation is 1. The molecule has 1 aromatic heterocycles. The number of halogens is 2. The number of anilines is 1. The third-order valence-corrected chi connectivity index (χ3v) is 4.15. The third kappa shape index (κ3) is 2.72. The Labute approximate surface area is 138 Å². The van der Waals surface area contributed by atoms with Crippen LogP contribution in [0.2, 0.25) is 10.0 Å². The summed E-state index contributed by atoms with van der Waals surface area (Å²) in [5.41, 5.74) is 8.34. The van der Waals surface area contributed by atoms with Crippen molar-refractivity contribution in [3.63, 3.8) is 0 Å². The molecular formula is C16H16Cl2N3O+. The number of benzene rings is 2. The molecule has 3 rings (SSSR count). The highest BCUT2D eigenvalue weighted by Crippen LogP contribution is 2.27. The van der Waals surface area contributed by atoms with Gasteiger partial charge in [-0.3, -0.25) is 5.73 Å². The van der Waals surface area contributed by atoms with E-state index in [1.165, 1.54) is 0 Å². The molecule has 0 spiro atoms. The minimum absolute atomic E-state index is 0.463. The van der Waals surface area contributed by atoms with Gasteiger partial charge in [-0.2, -0.15) is 0 Å². The fourth-order valence-corrected chi connectivity index (χ4v) is 2.94. The second-order valence-corrected chi connectivity index (χ2v) is 5.82. The summed E-state index contributed by atoms with van der Waals surface area (Å²) in [6.07, 6.45) is 0. The average molecular weight is 337 g/mol. The number of para-hydroxylation sites is 2. The molecule has 22 heavy (non-hydrogen) atoms. The molecule has 1 heterocycles. The summed E-state index contributed by atoms with van der Waals surface area (Å²) in [4.78, 5) is 0. The summed E-state index contributed by atoms with van der Waals surface area (Å²) in [5, 5.41) is 1.09. The lowest BCUT2D eigenvalue weighted by molar-refractivity contribution is -0.630. The van der Waals surface area contributed by atoms with Crippen molar-refractivity contribution in [2.75, 3.05) is 12.3 Å². The van der Waals surface area contributed by atoms with Gasteiger partial charge < -0.3 is 4.74 Å². The van der Waals surface area contributed by atoms with Crippen LogP contribution in [0.15, 0.2) is 42.5 Å². The summed E-state index contributed by atoms with van der Waals surface area (Å²) in [6, 6.07) is 13.3. The van der Waals surface area contributed by atoms with Gasteiger partial charge in [-0.05, 0) is 30.3 Å². The van der Waals surface area contributed by atoms with Crippen molar-refractivity contribution in [2.45, 2.75) is 6.54 Å². The minimum atomic E-state index is 0.463. The van der Waals surface area contributed by atoms with E-state index in [-0.39, 0.29) is 0 Å². The smallest absolute Gasteiger partial charge is 0.355 e. The van der Waals surface area contributed by atoms with Gasteiger partial charge in [0.15, 0.2) is 0 Å². The number of ether oxygens (including phenoxy) is 1. The van der Waals surface area contributed by atoms with Crippen LogP contribution in [0.4, 0.5) is 5.95 Å². The van der Waals surface area contributed by atoms with E-state index in [1.54, 1.807) is 18.2 Å². The van der Waals surface area contributed by atoms with Gasteiger partial charge in [-0.1, -0.05) is 35.3 Å². The van der Waals surface area contributed by atoms with Crippen molar-refractivity contribution < 1.29 is 9.30 Å². The normalized spacial score (nSPS) is 11.0. The van der Waals surface area contributed by atoms with Crippen LogP contribution in [0.1, 0.15) is 0 Å². The van der Waals surface area contributed by atoms with Crippen molar-refractivity contribution in [1.82, 2.24) is 4.57 Å². The molecule has 0 unspecified atom stereocenters. The van der Waals surface area contributed by atoms with E-state index in [2.05, 4.69) is 0 Å². The minimum Gasteiger partial charge on any atom is -0.489 e. The Balaban J connectivity index is 1.78. The molecule has 2 N–H and O–H groups in total. The van der Waals surface area contributed by atoms with Crippen LogP contribution in [-0.2, 0) is 13.6 Å². The van der Waals surface area contributed by atoms with Crippen molar-refractivity contribution in [3.05, 3.63) is 52.5 Å². The molecule has 3 aromatic rings. The number of imidazole rings is 1. The quantitative estimate of drug-likeness (QED) is 0.741. The number of hydrogen-bond acceptors (Lipinski definition) is 2. The molecule has 0 amide bonds. The highest BCUT2D eigenvalue weighted by molar-refractivity contribution is 6.35. The zero-order chi connectivity index (χ0) is 15.7. The summed E-state index contributed by atoms with van der Waals surface area (Å²) < 4.78 is 9.72. The monoisotopic (exact) mass is 336 g/mol. The molecule has 0 saturated carbocycles. The van der Waals surface area contributed by atoms with Crippen LogP contribution >= 0.6 is 23.2 Å². The second kappa shape index (κ2) is 6.07. The first-order valence-corrected chi connectivity index (χ1v) is 7.64. The fourth-order valence-electron chi connectivity index (χ4n) is 2.48. The van der Waals surface area contributed by atoms with Crippen LogP contribution in [0.3, 0.4) is 0 Å². The first-order valence-electron chi connectivity index (χ1n) is 6.88. The van der Waals surface area contributed by atoms with Crippen LogP contribution in [0.5, 0.6) is 5.75 Å². The summed E-state index contributed by atoms with van der Waals surface area (Å²) in [5.74, 6) is 1.30. The lowest BCUT2D eigenvalue weighted by Crippen LogP contribution is -2.31. The number of hydrogen-bond donors (Lipinski definition) is 1. The van der Waals surface area contributed by atoms with Gasteiger partial charge in [0.05, 0.1) is 12.1 Å². The maximum Gasteiger partial charge on any atom is 0.355 e. The zero-order valence-corrected chi connectivity index (χ0v) is 13.6. The van der Waals surface area contributed by atoms with E-state index < -0.39 is 0 Å². The number of fused-ring (bicyclic) bond motifs is 1. The maximum absolute atomic E-state index is 6.17. The standard InChI is InChI=1S/C16H15Cl2N3O/c1-20-13-4-2-3-5-14(13)21(16(20)19)8-9-22-15-7-6-11(17)10-12(15)18/h2-7,10,19H,8-9H2,1H3/p+1. The second-order valence-electron chi connectivity index (χ2n) is 4.98. The number of nitrogens with two attached hydrogens (primary N) is 1. The van der Waals surface area contributed by atoms with Crippen LogP contribution in [0.25, 0.3) is 11.0 Å². The average Bonchev–Trinajstić information content (AvgIpc) is 2.75. The number of nitrogens with zero attached hydrogens (tertiary/aromatic N) is 2. The molecule has 6 heteroatoms. The molecule has 0 aliphatic heterocycles. The van der Waals surface area contributed by atoms with Crippen molar-refractivity contribution in [2.24, 2.45) is 7.05 Å². The van der Waals surface area contributed by atoms with Gasteiger partial charge in [0.1, 0.15) is 29.9 Å². The predicted molar refractivity (Wildman–Crippen MR) is 89.5 cm³/mol. The molecule has 4 nitrogen and oxygen atoms in total. The zero-order valence-electron chi connectivity index (χ0n) is 12.1. The number of aromatic nitrogens is 2. The lowest BCUT2D eigenvalue weighted by Gasteiger charge is -2.08. The Bertz CT molecular complexity index is 830. The molecule has 0 fully saturated rings. The molecular weight excluding hydrogens is 321 g/mol. The largest absolute Gasteiger partial charge is 0.489 e. The van der Waals surface area contributed by atoms with Gasteiger partial charge in [-0.15, -0.1) is 0 Å². The van der Waals surface area contributed by atoms with E-state index in [0.717, 1.165) is 11.0 Å². The van der Waals surface area contributed by atoms with Gasteiger partial charge >= 0.3 is 5.95 Å². The van der Waals surface area contributed by atoms with E-state index >= 15 is 0 Å². The van der Waals surface area contributed by atoms with Crippen molar-refractivity contribution in [3.8, 4) is 5.75 Å². The maximum atomic E-state index is 6.17. The Morgan fingerprint density at radius 1 is 1.18 bits per heavy atom. The van der Waals surface area contributed by atoms with Crippen LogP contribution in [0, 0.1) is 0 Å². The van der Waals surface area contributed by atoms with E-state index in [9.17, 15) is 0 Å². The molecule has 0 aliphatic rings. The SMILES string of the molecule is C[n+]1c(N)n(CCOc2ccc(Cl)cc2Cl)c2ccccc21. The molecule has 0 bridgehead atoms. The third-order valence-electron chi connectivity index (χ3n) is 3.62. The van der Waals surface area contributed by atoms with Gasteiger partial charge in [0.25, 0.3) is 0 Å². The molecule has 114 valence electrons. The predicted octanol–water partition coefficient (Wildman–Crippen LogP) is 3.43. The lowest BCUT2D eigenvalue weighted by atomic mass is 10.3. The highest BCUT2D eigenvalue weighted by Gasteiger charge is 2.17. The van der Waals surface area contributed by atoms with Crippen LogP contribution in [-0.4, -0.2) is 11.2 Å². The summed E-state index contributed by atoms with van der Waals surface area (Å²) in [7, 11) is 1.95. The van der Waals surface area contributed by atoms with E-state index in [4.69, 9.17) is 33.7 Å². The molecule has 2 aromatic carbocycles. The first-order chi connectivity index (χ1) is 10.6. The van der Waals surface area contributed by atoms with E-state index in [1.807, 2.05) is 40.4 Å². The Hall–Kier alpha value is -1.91. The molecule has 0 radical (unpaired) electrons. The highest BCUT2D eigenvalue weighted by atomic mass is 35.5. The van der Waals surface area contributed by atoms with Gasteiger partial charge in [0.2, 0.25) is 0 Å². The Morgan fingerprint density at radius 2 is 1.95 bits per heavy atom. The van der Waals surface area contributed by atoms with Crippen molar-refractivity contribution >= 4 is 40.2 Å². The van der Waals surface area contributed by atoms with Gasteiger partial charge in [0, 0.05) is 5.02 Å². The number of rotatable bonds is 4. The Kier molecular flexibility index (Phi) is 4.14. The summed E-state index contributed by atoms with van der Waals surface area (Å²) >= 11 is 12.0. The Morgan fingerprint density at radius 3 is 2.73 bits per heavy atom. The topological polar surface area (TPSA) is 44.1 Å².